The van der Waals surface area contributed by atoms with Gasteiger partial charge >= 0.3 is 0 Å². The molecule has 0 radical (unpaired) electrons. The Kier molecular flexibility index (Phi) is 8.79. The van der Waals surface area contributed by atoms with Gasteiger partial charge in [-0.2, -0.15) is 0 Å². The van der Waals surface area contributed by atoms with Gasteiger partial charge in [0.25, 0.3) is 5.91 Å². The van der Waals surface area contributed by atoms with Crippen LogP contribution in [0.4, 0.5) is 5.69 Å². The maximum atomic E-state index is 12.4. The largest absolute Gasteiger partial charge is 0.492 e. The lowest BCUT2D eigenvalue weighted by Gasteiger charge is -2.26. The van der Waals surface area contributed by atoms with Crippen LogP contribution < -0.4 is 10.1 Å². The number of rotatable bonds is 11. The van der Waals surface area contributed by atoms with Crippen LogP contribution in [0, 0.1) is 0 Å². The second kappa shape index (κ2) is 10.3. The summed E-state index contributed by atoms with van der Waals surface area (Å²) < 4.78 is 11.3. The first-order valence-electron chi connectivity index (χ1n) is 8.89. The van der Waals surface area contributed by atoms with Crippen LogP contribution in [0.5, 0.6) is 5.75 Å². The fraction of sp³-hybridized carbons (Fsp3) is 0.632. The molecule has 24 heavy (non-hydrogen) atoms. The predicted molar refractivity (Wildman–Crippen MR) is 98.7 cm³/mol. The van der Waals surface area contributed by atoms with Gasteiger partial charge in [0.2, 0.25) is 0 Å². The molecule has 1 atom stereocenters. The average Bonchev–Trinajstić information content (AvgIpc) is 2.60. The van der Waals surface area contributed by atoms with Gasteiger partial charge in [-0.3, -0.25) is 4.79 Å². The van der Waals surface area contributed by atoms with Gasteiger partial charge < -0.3 is 19.7 Å². The Morgan fingerprint density at radius 3 is 2.25 bits per heavy atom. The van der Waals surface area contributed by atoms with Crippen molar-refractivity contribution in [3.05, 3.63) is 24.3 Å². The number of anilines is 1. The number of ether oxygens (including phenoxy) is 2. The Balaban J connectivity index is 2.54. The molecular weight excluding hydrogens is 304 g/mol. The third-order valence-corrected chi connectivity index (χ3v) is 4.30. The number of hydrogen-bond acceptors (Lipinski definition) is 4. The fourth-order valence-electron chi connectivity index (χ4n) is 2.38. The molecule has 0 aliphatic carbocycles. The predicted octanol–water partition coefficient (Wildman–Crippen LogP) is 3.55. The standard InChI is InChI=1S/C19H32N2O3/c1-6-19(5,24-9-4)18(22)20-16-10-12-17(13-11-16)23-15-14-21(7-2)8-3/h10-13H,6-9,14-15H2,1-5H3,(H,20,22)/t19-/m1/s1. The Morgan fingerprint density at radius 1 is 1.12 bits per heavy atom. The first-order valence-corrected chi connectivity index (χ1v) is 8.89. The summed E-state index contributed by atoms with van der Waals surface area (Å²) in [6.45, 7) is 14.1. The number of hydrogen-bond donors (Lipinski definition) is 1. The van der Waals surface area contributed by atoms with Crippen LogP contribution in [-0.2, 0) is 9.53 Å². The number of carbonyl (C=O) groups is 1. The second-order valence-electron chi connectivity index (χ2n) is 5.87. The zero-order valence-electron chi connectivity index (χ0n) is 15.7. The Labute approximate surface area is 146 Å². The van der Waals surface area contributed by atoms with Crippen molar-refractivity contribution in [3.63, 3.8) is 0 Å². The fourth-order valence-corrected chi connectivity index (χ4v) is 2.38. The molecule has 1 aromatic carbocycles. The smallest absolute Gasteiger partial charge is 0.256 e. The highest BCUT2D eigenvalue weighted by atomic mass is 16.5. The zero-order valence-corrected chi connectivity index (χ0v) is 15.7. The number of nitrogens with one attached hydrogen (secondary N) is 1. The van der Waals surface area contributed by atoms with Crippen molar-refractivity contribution in [2.45, 2.75) is 46.6 Å². The number of benzene rings is 1. The normalized spacial score (nSPS) is 13.6. The van der Waals surface area contributed by atoms with Crippen LogP contribution in [0.15, 0.2) is 24.3 Å². The summed E-state index contributed by atoms with van der Waals surface area (Å²) in [5, 5.41) is 2.91. The van der Waals surface area contributed by atoms with E-state index in [9.17, 15) is 4.79 Å². The van der Waals surface area contributed by atoms with Crippen LogP contribution in [0.25, 0.3) is 0 Å². The van der Waals surface area contributed by atoms with Gasteiger partial charge in [0.05, 0.1) is 0 Å². The van der Waals surface area contributed by atoms with Crippen molar-refractivity contribution in [2.24, 2.45) is 0 Å². The molecule has 0 unspecified atom stereocenters. The minimum absolute atomic E-state index is 0.123. The van der Waals surface area contributed by atoms with E-state index in [1.54, 1.807) is 0 Å². The molecule has 1 N–H and O–H groups in total. The van der Waals surface area contributed by atoms with Gasteiger partial charge in [-0.25, -0.2) is 0 Å². The first kappa shape index (κ1) is 20.5. The monoisotopic (exact) mass is 336 g/mol. The summed E-state index contributed by atoms with van der Waals surface area (Å²) in [6.07, 6.45) is 0.624. The minimum atomic E-state index is -0.798. The molecule has 0 aromatic heterocycles. The molecule has 5 nitrogen and oxygen atoms in total. The molecule has 0 heterocycles. The van der Waals surface area contributed by atoms with Gasteiger partial charge in [0.1, 0.15) is 18.0 Å². The number of nitrogens with zero attached hydrogens (tertiary/aromatic N) is 1. The summed E-state index contributed by atoms with van der Waals surface area (Å²) in [5.74, 6) is 0.685. The summed E-state index contributed by atoms with van der Waals surface area (Å²) in [5.41, 5.74) is -0.0521. The van der Waals surface area contributed by atoms with Gasteiger partial charge in [0, 0.05) is 18.8 Å². The molecular formula is C19H32N2O3. The molecule has 0 spiro atoms. The highest BCUT2D eigenvalue weighted by molar-refractivity contribution is 5.97. The molecule has 1 amide bonds. The number of likely N-dealkylation sites (N-methyl/N-ethyl adjacent to an activating group) is 1. The first-order chi connectivity index (χ1) is 11.5. The van der Waals surface area contributed by atoms with Crippen LogP contribution >= 0.6 is 0 Å². The van der Waals surface area contributed by atoms with Crippen molar-refractivity contribution in [1.29, 1.82) is 0 Å². The summed E-state index contributed by atoms with van der Waals surface area (Å²) in [6, 6.07) is 7.46. The van der Waals surface area contributed by atoms with Crippen LogP contribution in [0.2, 0.25) is 0 Å². The van der Waals surface area contributed by atoms with Crippen LogP contribution in [-0.4, -0.2) is 49.3 Å². The SMILES string of the molecule is CCO[C@](C)(CC)C(=O)Nc1ccc(OCCN(CC)CC)cc1. The van der Waals surface area contributed by atoms with Crippen molar-refractivity contribution in [1.82, 2.24) is 4.90 Å². The van der Waals surface area contributed by atoms with E-state index in [4.69, 9.17) is 9.47 Å². The van der Waals surface area contributed by atoms with Gasteiger partial charge in [0.15, 0.2) is 0 Å². The number of carbonyl (C=O) groups excluding carboxylic acids is 1. The number of amides is 1. The third kappa shape index (κ3) is 6.13. The topological polar surface area (TPSA) is 50.8 Å². The lowest BCUT2D eigenvalue weighted by atomic mass is 10.0. The maximum absolute atomic E-state index is 12.4. The van der Waals surface area contributed by atoms with Crippen molar-refractivity contribution in [3.8, 4) is 5.75 Å². The molecule has 0 saturated heterocycles. The van der Waals surface area contributed by atoms with E-state index in [0.29, 0.717) is 19.6 Å². The Hall–Kier alpha value is -1.59. The lowest BCUT2D eigenvalue weighted by molar-refractivity contribution is -0.139. The van der Waals surface area contributed by atoms with E-state index < -0.39 is 5.60 Å². The third-order valence-electron chi connectivity index (χ3n) is 4.30. The van der Waals surface area contributed by atoms with Crippen molar-refractivity contribution >= 4 is 11.6 Å². The quantitative estimate of drug-likeness (QED) is 0.671. The molecule has 0 aliphatic rings. The maximum Gasteiger partial charge on any atom is 0.256 e. The van der Waals surface area contributed by atoms with Gasteiger partial charge in [-0.15, -0.1) is 0 Å². The summed E-state index contributed by atoms with van der Waals surface area (Å²) >= 11 is 0. The molecule has 0 aliphatic heterocycles. The summed E-state index contributed by atoms with van der Waals surface area (Å²) in [4.78, 5) is 14.7. The highest BCUT2D eigenvalue weighted by Gasteiger charge is 2.31. The van der Waals surface area contributed by atoms with E-state index in [-0.39, 0.29) is 5.91 Å². The zero-order chi connectivity index (χ0) is 18.0. The Bertz CT molecular complexity index is 486. The average molecular weight is 336 g/mol. The van der Waals surface area contributed by atoms with E-state index in [1.165, 1.54) is 0 Å². The van der Waals surface area contributed by atoms with E-state index in [2.05, 4.69) is 24.1 Å². The molecule has 5 heteroatoms. The Morgan fingerprint density at radius 2 is 1.75 bits per heavy atom. The van der Waals surface area contributed by atoms with Crippen molar-refractivity contribution < 1.29 is 14.3 Å². The molecule has 0 fully saturated rings. The van der Waals surface area contributed by atoms with Gasteiger partial charge in [-0.05, 0) is 57.6 Å². The second-order valence-corrected chi connectivity index (χ2v) is 5.87. The van der Waals surface area contributed by atoms with E-state index >= 15 is 0 Å². The van der Waals surface area contributed by atoms with Crippen LogP contribution in [0.1, 0.15) is 41.0 Å². The minimum Gasteiger partial charge on any atom is -0.492 e. The molecule has 1 aromatic rings. The highest BCUT2D eigenvalue weighted by Crippen LogP contribution is 2.20. The molecule has 0 saturated carbocycles. The van der Waals surface area contributed by atoms with Crippen LogP contribution in [0.3, 0.4) is 0 Å². The van der Waals surface area contributed by atoms with Crippen molar-refractivity contribution in [2.75, 3.05) is 38.2 Å². The van der Waals surface area contributed by atoms with E-state index in [0.717, 1.165) is 31.1 Å². The molecule has 136 valence electrons. The van der Waals surface area contributed by atoms with Gasteiger partial charge in [-0.1, -0.05) is 20.8 Å². The molecule has 1 rings (SSSR count). The summed E-state index contributed by atoms with van der Waals surface area (Å²) in [7, 11) is 0. The molecule has 0 bridgehead atoms. The lowest BCUT2D eigenvalue weighted by Crippen LogP contribution is -2.42. The van der Waals surface area contributed by atoms with E-state index in [1.807, 2.05) is 45.0 Å².